The topological polar surface area (TPSA) is 68.2 Å². The van der Waals surface area contributed by atoms with Crippen LogP contribution < -0.4 is 5.73 Å². The van der Waals surface area contributed by atoms with E-state index in [1.54, 1.807) is 10.8 Å². The van der Waals surface area contributed by atoms with Crippen LogP contribution in [0.5, 0.6) is 0 Å². The summed E-state index contributed by atoms with van der Waals surface area (Å²) < 4.78 is 1.56. The van der Waals surface area contributed by atoms with Gasteiger partial charge in [0, 0.05) is 18.5 Å². The van der Waals surface area contributed by atoms with E-state index in [2.05, 4.69) is 0 Å². The predicted molar refractivity (Wildman–Crippen MR) is 62.3 cm³/mol. The van der Waals surface area contributed by atoms with E-state index in [0.29, 0.717) is 0 Å². The highest BCUT2D eigenvalue weighted by Gasteiger charge is 2.14. The average molecular weight is 218 g/mol. The molecule has 0 amide bonds. The Morgan fingerprint density at radius 3 is 2.81 bits per heavy atom. The Bertz CT molecular complexity index is 531. The molecule has 0 aliphatic heterocycles. The van der Waals surface area contributed by atoms with E-state index < -0.39 is 6.04 Å². The summed E-state index contributed by atoms with van der Waals surface area (Å²) in [6.07, 6.45) is 1.70. The molecule has 1 aromatic heterocycles. The molecular formula is C12H14N2O2. The fourth-order valence-corrected chi connectivity index (χ4v) is 1.86. The van der Waals surface area contributed by atoms with Crippen molar-refractivity contribution in [1.29, 1.82) is 0 Å². The van der Waals surface area contributed by atoms with Crippen LogP contribution >= 0.6 is 0 Å². The highest BCUT2D eigenvalue weighted by molar-refractivity contribution is 5.93. The van der Waals surface area contributed by atoms with Crippen LogP contribution in [0.1, 0.15) is 23.3 Å². The van der Waals surface area contributed by atoms with Crippen LogP contribution in [0.25, 0.3) is 10.9 Å². The summed E-state index contributed by atoms with van der Waals surface area (Å²) in [6, 6.07) is 7.07. The van der Waals surface area contributed by atoms with Gasteiger partial charge in [0.25, 0.3) is 0 Å². The second kappa shape index (κ2) is 4.08. The number of aliphatic hydroxyl groups excluding tert-OH is 1. The van der Waals surface area contributed by atoms with Crippen LogP contribution in [0, 0.1) is 0 Å². The van der Waals surface area contributed by atoms with Gasteiger partial charge in [-0.2, -0.15) is 0 Å². The number of rotatable bonds is 2. The maximum atomic E-state index is 11.4. The number of hydrogen-bond donors (Lipinski definition) is 2. The molecule has 4 heteroatoms. The van der Waals surface area contributed by atoms with Crippen molar-refractivity contribution in [3.05, 3.63) is 36.0 Å². The van der Waals surface area contributed by atoms with Crippen molar-refractivity contribution in [2.24, 2.45) is 5.73 Å². The molecule has 0 unspecified atom stereocenters. The van der Waals surface area contributed by atoms with Crippen LogP contribution in [0.15, 0.2) is 30.5 Å². The van der Waals surface area contributed by atoms with E-state index in [9.17, 15) is 4.79 Å². The molecule has 0 spiro atoms. The zero-order chi connectivity index (χ0) is 11.7. The summed E-state index contributed by atoms with van der Waals surface area (Å²) in [4.78, 5) is 11.4. The number of aromatic nitrogens is 1. The van der Waals surface area contributed by atoms with E-state index in [0.717, 1.165) is 16.5 Å². The van der Waals surface area contributed by atoms with Crippen LogP contribution in [-0.4, -0.2) is 22.2 Å². The predicted octanol–water partition coefficient (Wildman–Crippen LogP) is 1.29. The third kappa shape index (κ3) is 1.62. The van der Waals surface area contributed by atoms with Crippen molar-refractivity contribution in [2.75, 3.05) is 6.61 Å². The zero-order valence-corrected chi connectivity index (χ0v) is 9.05. The molecule has 0 radical (unpaired) electrons. The van der Waals surface area contributed by atoms with Gasteiger partial charge in [0.1, 0.15) is 0 Å². The second-order valence-corrected chi connectivity index (χ2v) is 3.78. The Hall–Kier alpha value is -1.65. The molecule has 2 rings (SSSR count). The first-order valence-electron chi connectivity index (χ1n) is 5.12. The van der Waals surface area contributed by atoms with Crippen molar-refractivity contribution in [1.82, 2.24) is 4.57 Å². The molecule has 0 saturated heterocycles. The largest absolute Gasteiger partial charge is 0.394 e. The summed E-state index contributed by atoms with van der Waals surface area (Å²) in [5.41, 5.74) is 7.43. The van der Waals surface area contributed by atoms with Crippen LogP contribution in [0.3, 0.4) is 0 Å². The lowest BCUT2D eigenvalue weighted by Crippen LogP contribution is -2.14. The zero-order valence-electron chi connectivity index (χ0n) is 9.05. The Morgan fingerprint density at radius 2 is 2.19 bits per heavy atom. The summed E-state index contributed by atoms with van der Waals surface area (Å²) in [6.45, 7) is 1.37. The molecule has 4 nitrogen and oxygen atoms in total. The van der Waals surface area contributed by atoms with Gasteiger partial charge >= 0.3 is 0 Å². The molecule has 84 valence electrons. The maximum Gasteiger partial charge on any atom is 0.227 e. The SMILES string of the molecule is CC(=O)n1cc([C@H](N)CO)c2ccccc21. The molecular weight excluding hydrogens is 204 g/mol. The van der Waals surface area contributed by atoms with E-state index >= 15 is 0 Å². The van der Waals surface area contributed by atoms with Crippen molar-refractivity contribution in [3.63, 3.8) is 0 Å². The van der Waals surface area contributed by atoms with Gasteiger partial charge in [-0.1, -0.05) is 18.2 Å². The molecule has 1 atom stereocenters. The number of benzene rings is 1. The van der Waals surface area contributed by atoms with Crippen LogP contribution in [0.2, 0.25) is 0 Å². The third-order valence-electron chi connectivity index (χ3n) is 2.68. The van der Waals surface area contributed by atoms with Gasteiger partial charge in [-0.3, -0.25) is 9.36 Å². The Balaban J connectivity index is 2.71. The van der Waals surface area contributed by atoms with Crippen LogP contribution in [0.4, 0.5) is 0 Å². The minimum Gasteiger partial charge on any atom is -0.394 e. The minimum absolute atomic E-state index is 0.0624. The van der Waals surface area contributed by atoms with Gasteiger partial charge in [0.05, 0.1) is 18.2 Å². The van der Waals surface area contributed by atoms with Crippen molar-refractivity contribution in [2.45, 2.75) is 13.0 Å². The minimum atomic E-state index is -0.453. The van der Waals surface area contributed by atoms with E-state index in [-0.39, 0.29) is 12.5 Å². The molecule has 0 fully saturated rings. The molecule has 0 aliphatic rings. The van der Waals surface area contributed by atoms with Gasteiger partial charge in [-0.25, -0.2) is 0 Å². The first-order chi connectivity index (χ1) is 7.65. The number of nitrogens with two attached hydrogens (primary N) is 1. The van der Waals surface area contributed by atoms with Gasteiger partial charge in [0.15, 0.2) is 0 Å². The monoisotopic (exact) mass is 218 g/mol. The number of hydrogen-bond acceptors (Lipinski definition) is 3. The summed E-state index contributed by atoms with van der Waals surface area (Å²) >= 11 is 0. The van der Waals surface area contributed by atoms with Gasteiger partial charge in [-0.05, 0) is 11.6 Å². The summed E-state index contributed by atoms with van der Waals surface area (Å²) in [5, 5.41) is 9.99. The lowest BCUT2D eigenvalue weighted by molar-refractivity contribution is 0.0941. The first-order valence-corrected chi connectivity index (χ1v) is 5.12. The third-order valence-corrected chi connectivity index (χ3v) is 2.68. The fourth-order valence-electron chi connectivity index (χ4n) is 1.86. The number of aliphatic hydroxyl groups is 1. The number of carbonyl (C=O) groups excluding carboxylic acids is 1. The smallest absolute Gasteiger partial charge is 0.227 e. The highest BCUT2D eigenvalue weighted by Crippen LogP contribution is 2.25. The van der Waals surface area contributed by atoms with Gasteiger partial charge in [0.2, 0.25) is 5.91 Å². The Morgan fingerprint density at radius 1 is 1.50 bits per heavy atom. The highest BCUT2D eigenvalue weighted by atomic mass is 16.3. The number of para-hydroxylation sites is 1. The lowest BCUT2D eigenvalue weighted by Gasteiger charge is -2.05. The fraction of sp³-hybridized carbons (Fsp3) is 0.250. The van der Waals surface area contributed by atoms with Crippen molar-refractivity contribution < 1.29 is 9.90 Å². The average Bonchev–Trinajstić information content (AvgIpc) is 2.67. The number of fused-ring (bicyclic) bond motifs is 1. The first kappa shape index (κ1) is 10.9. The summed E-state index contributed by atoms with van der Waals surface area (Å²) in [7, 11) is 0. The number of carbonyl (C=O) groups is 1. The molecule has 0 saturated carbocycles. The van der Waals surface area contributed by atoms with Crippen molar-refractivity contribution >= 4 is 16.8 Å². The Kier molecular flexibility index (Phi) is 2.77. The molecule has 1 aromatic carbocycles. The second-order valence-electron chi connectivity index (χ2n) is 3.78. The maximum absolute atomic E-state index is 11.4. The molecule has 0 aliphatic carbocycles. The van der Waals surface area contributed by atoms with Gasteiger partial charge < -0.3 is 10.8 Å². The van der Waals surface area contributed by atoms with Gasteiger partial charge in [-0.15, -0.1) is 0 Å². The molecule has 2 aromatic rings. The molecule has 16 heavy (non-hydrogen) atoms. The molecule has 1 heterocycles. The quantitative estimate of drug-likeness (QED) is 0.798. The van der Waals surface area contributed by atoms with E-state index in [1.165, 1.54) is 6.92 Å². The van der Waals surface area contributed by atoms with E-state index in [4.69, 9.17) is 10.8 Å². The lowest BCUT2D eigenvalue weighted by atomic mass is 10.1. The Labute approximate surface area is 93.3 Å². The number of nitrogens with zero attached hydrogens (tertiary/aromatic N) is 1. The van der Waals surface area contributed by atoms with Crippen molar-refractivity contribution in [3.8, 4) is 0 Å². The molecule has 0 bridgehead atoms. The normalized spacial score (nSPS) is 12.9. The summed E-state index contributed by atoms with van der Waals surface area (Å²) in [5.74, 6) is -0.0624. The standard InChI is InChI=1S/C12H14N2O2/c1-8(16)14-6-10(11(13)7-15)9-4-2-3-5-12(9)14/h2-6,11,15H,7,13H2,1H3/t11-/m1/s1. The molecule has 3 N–H and O–H groups in total. The van der Waals surface area contributed by atoms with Crippen LogP contribution in [-0.2, 0) is 0 Å². The van der Waals surface area contributed by atoms with E-state index in [1.807, 2.05) is 24.3 Å².